The summed E-state index contributed by atoms with van der Waals surface area (Å²) in [5, 5.41) is 6.97. The minimum absolute atomic E-state index is 0.407. The van der Waals surface area contributed by atoms with Gasteiger partial charge in [-0.2, -0.15) is 9.49 Å². The normalized spacial score (nSPS) is 15.0. The molecule has 0 atom stereocenters. The fourth-order valence-electron chi connectivity index (χ4n) is 4.13. The van der Waals surface area contributed by atoms with Gasteiger partial charge in [-0.3, -0.25) is 5.10 Å². The van der Waals surface area contributed by atoms with E-state index in [9.17, 15) is 4.39 Å². The minimum Gasteiger partial charge on any atom is -0.481 e. The zero-order chi connectivity index (χ0) is 20.5. The molecule has 150 valence electrons. The average Bonchev–Trinajstić information content (AvgIpc) is 3.13. The highest BCUT2D eigenvalue weighted by Crippen LogP contribution is 2.45. The molecule has 5 rings (SSSR count). The van der Waals surface area contributed by atoms with Crippen molar-refractivity contribution < 1.29 is 9.13 Å². The van der Waals surface area contributed by atoms with E-state index in [4.69, 9.17) is 9.72 Å². The lowest BCUT2D eigenvalue weighted by molar-refractivity contribution is 0.391. The summed E-state index contributed by atoms with van der Waals surface area (Å²) < 4.78 is 19.7. The van der Waals surface area contributed by atoms with Gasteiger partial charge in [-0.05, 0) is 59.2 Å². The zero-order valence-corrected chi connectivity index (χ0v) is 16.7. The predicted molar refractivity (Wildman–Crippen MR) is 117 cm³/mol. The first-order valence-corrected chi connectivity index (χ1v) is 10.2. The molecule has 0 radical (unpaired) electrons. The maximum atomic E-state index is 14.3. The molecule has 0 bridgehead atoms. The van der Waals surface area contributed by atoms with Crippen LogP contribution >= 0.6 is 0 Å². The summed E-state index contributed by atoms with van der Waals surface area (Å²) in [6.07, 6.45) is 3.44. The number of pyridine rings is 1. The third-order valence-electron chi connectivity index (χ3n) is 5.85. The monoisotopic (exact) mass is 399 g/mol. The number of halogens is 1. The first-order chi connectivity index (χ1) is 14.7. The van der Waals surface area contributed by atoms with E-state index in [-0.39, 0.29) is 0 Å². The van der Waals surface area contributed by atoms with Crippen LogP contribution in [0.15, 0.2) is 66.7 Å². The van der Waals surface area contributed by atoms with Crippen molar-refractivity contribution in [3.63, 3.8) is 0 Å². The van der Waals surface area contributed by atoms with E-state index in [0.717, 1.165) is 35.2 Å². The summed E-state index contributed by atoms with van der Waals surface area (Å²) in [5.41, 5.74) is 5.85. The Kier molecular flexibility index (Phi) is 4.79. The molecule has 4 nitrogen and oxygen atoms in total. The Balaban J connectivity index is 1.81. The number of benzene rings is 2. The highest BCUT2D eigenvalue weighted by molar-refractivity contribution is 6.00. The maximum Gasteiger partial charge on any atom is 0.216 e. The number of H-pyrrole nitrogens is 1. The zero-order valence-electron chi connectivity index (χ0n) is 16.7. The number of fused-ring (bicyclic) bond motifs is 1. The fourth-order valence-corrected chi connectivity index (χ4v) is 4.13. The first kappa shape index (κ1) is 18.6. The molecule has 2 heterocycles. The van der Waals surface area contributed by atoms with Gasteiger partial charge in [-0.15, -0.1) is 0 Å². The summed E-state index contributed by atoms with van der Waals surface area (Å²) in [6.45, 7) is 0. The predicted octanol–water partition coefficient (Wildman–Crippen LogP) is 5.86. The van der Waals surface area contributed by atoms with Gasteiger partial charge in [0, 0.05) is 6.07 Å². The van der Waals surface area contributed by atoms with Gasteiger partial charge >= 0.3 is 0 Å². The highest BCUT2D eigenvalue weighted by Gasteiger charge is 2.28. The molecule has 0 amide bonds. The van der Waals surface area contributed by atoms with E-state index in [1.54, 1.807) is 7.11 Å². The molecule has 2 aromatic carbocycles. The van der Waals surface area contributed by atoms with Gasteiger partial charge in [-0.25, -0.2) is 4.98 Å². The number of nitrogens with zero attached hydrogens (tertiary/aromatic N) is 2. The molecule has 5 heteroatoms. The average molecular weight is 399 g/mol. The molecule has 0 unspecified atom stereocenters. The molecular weight excluding hydrogens is 377 g/mol. The van der Waals surface area contributed by atoms with Crippen LogP contribution in [0.2, 0.25) is 0 Å². The van der Waals surface area contributed by atoms with E-state index in [0.29, 0.717) is 22.7 Å². The lowest BCUT2D eigenvalue weighted by Gasteiger charge is -2.31. The van der Waals surface area contributed by atoms with Crippen LogP contribution in [0.5, 0.6) is 5.88 Å². The van der Waals surface area contributed by atoms with Crippen molar-refractivity contribution in [2.24, 2.45) is 5.92 Å². The van der Waals surface area contributed by atoms with Crippen LogP contribution in [-0.2, 0) is 0 Å². The van der Waals surface area contributed by atoms with E-state index < -0.39 is 5.95 Å². The fraction of sp³-hybridized carbons (Fsp3) is 0.200. The topological polar surface area (TPSA) is 50.8 Å². The molecule has 0 aliphatic heterocycles. The number of aromatic nitrogens is 3. The molecule has 0 saturated heterocycles. The van der Waals surface area contributed by atoms with Crippen molar-refractivity contribution in [3.05, 3.63) is 89.5 Å². The molecule has 2 aromatic heterocycles. The summed E-state index contributed by atoms with van der Waals surface area (Å²) in [6, 6.07) is 21.9. The van der Waals surface area contributed by atoms with E-state index in [1.807, 2.05) is 54.6 Å². The van der Waals surface area contributed by atoms with Crippen LogP contribution in [0, 0.1) is 11.9 Å². The summed E-state index contributed by atoms with van der Waals surface area (Å²) in [4.78, 5) is 4.76. The number of hydrogen-bond acceptors (Lipinski definition) is 3. The number of hydrogen-bond donors (Lipinski definition) is 1. The Labute approximate surface area is 174 Å². The molecule has 30 heavy (non-hydrogen) atoms. The largest absolute Gasteiger partial charge is 0.481 e. The Morgan fingerprint density at radius 1 is 1.00 bits per heavy atom. The molecule has 1 saturated carbocycles. The highest BCUT2D eigenvalue weighted by atomic mass is 19.1. The Morgan fingerprint density at radius 3 is 2.57 bits per heavy atom. The number of allylic oxidation sites excluding steroid dienone is 1. The maximum absolute atomic E-state index is 14.3. The van der Waals surface area contributed by atoms with Crippen molar-refractivity contribution in [1.82, 2.24) is 15.2 Å². The quantitative estimate of drug-likeness (QED) is 0.457. The van der Waals surface area contributed by atoms with Gasteiger partial charge in [-0.1, -0.05) is 48.9 Å². The van der Waals surface area contributed by atoms with Crippen molar-refractivity contribution in [2.75, 3.05) is 7.11 Å². The number of rotatable bonds is 5. The van der Waals surface area contributed by atoms with E-state index in [2.05, 4.69) is 22.3 Å². The van der Waals surface area contributed by atoms with Crippen LogP contribution in [0.3, 0.4) is 0 Å². The van der Waals surface area contributed by atoms with Gasteiger partial charge in [0.2, 0.25) is 11.8 Å². The summed E-state index contributed by atoms with van der Waals surface area (Å²) in [5.74, 6) is 0.585. The molecule has 0 spiro atoms. The van der Waals surface area contributed by atoms with Gasteiger partial charge in [0.1, 0.15) is 0 Å². The second-order valence-corrected chi connectivity index (χ2v) is 7.62. The summed E-state index contributed by atoms with van der Waals surface area (Å²) in [7, 11) is 1.63. The molecule has 1 fully saturated rings. The second kappa shape index (κ2) is 7.75. The van der Waals surface area contributed by atoms with Crippen molar-refractivity contribution in [3.8, 4) is 5.88 Å². The lowest BCUT2D eigenvalue weighted by atomic mass is 9.74. The van der Waals surface area contributed by atoms with Crippen LogP contribution in [0.1, 0.15) is 36.1 Å². The van der Waals surface area contributed by atoms with Gasteiger partial charge in [0.15, 0.2) is 0 Å². The third kappa shape index (κ3) is 3.26. The lowest BCUT2D eigenvalue weighted by Crippen LogP contribution is -2.16. The van der Waals surface area contributed by atoms with Crippen molar-refractivity contribution in [2.45, 2.75) is 19.3 Å². The smallest absolute Gasteiger partial charge is 0.216 e. The standard InChI is InChI=1S/C25H22FN3O/c1-30-22-12-6-11-21(27-22)24(17-9-5-10-17)23(16-7-3-2-4-8-16)18-13-14-20-19(15-18)25(26)29-28-20/h2-4,6-8,11-15,17H,5,9-10H2,1H3,(H,28,29)/b24-23+. The minimum atomic E-state index is -0.413. The van der Waals surface area contributed by atoms with Crippen molar-refractivity contribution in [1.29, 1.82) is 0 Å². The molecule has 4 aromatic rings. The van der Waals surface area contributed by atoms with Gasteiger partial charge < -0.3 is 4.74 Å². The van der Waals surface area contributed by atoms with Crippen molar-refractivity contribution >= 4 is 22.0 Å². The Bertz CT molecular complexity index is 1230. The molecule has 1 N–H and O–H groups in total. The van der Waals surface area contributed by atoms with Crippen LogP contribution < -0.4 is 4.74 Å². The van der Waals surface area contributed by atoms with E-state index >= 15 is 0 Å². The second-order valence-electron chi connectivity index (χ2n) is 7.62. The van der Waals surface area contributed by atoms with Gasteiger partial charge in [0.25, 0.3) is 0 Å². The number of ether oxygens (including phenoxy) is 1. The first-order valence-electron chi connectivity index (χ1n) is 10.2. The van der Waals surface area contributed by atoms with Crippen LogP contribution in [0.4, 0.5) is 4.39 Å². The Morgan fingerprint density at radius 2 is 1.83 bits per heavy atom. The van der Waals surface area contributed by atoms with E-state index in [1.165, 1.54) is 12.0 Å². The third-order valence-corrected chi connectivity index (χ3v) is 5.85. The molecule has 1 aliphatic rings. The van der Waals surface area contributed by atoms with Crippen LogP contribution in [0.25, 0.3) is 22.0 Å². The molecular formula is C25H22FN3O. The van der Waals surface area contributed by atoms with Gasteiger partial charge in [0.05, 0.1) is 23.7 Å². The number of nitrogens with one attached hydrogen (secondary N) is 1. The summed E-state index contributed by atoms with van der Waals surface area (Å²) >= 11 is 0. The SMILES string of the molecule is COc1cccc(/C(=C(\c2ccccc2)c2ccc3n[nH]c(F)c3c2)C2CCC2)n1. The number of methoxy groups -OCH3 is 1. The van der Waals surface area contributed by atoms with Crippen LogP contribution in [-0.4, -0.2) is 22.3 Å². The Hall–Kier alpha value is -3.47. The molecule has 1 aliphatic carbocycles. The number of aromatic amines is 1.